The standard InChI is InChI=1S/C10H22N2O/c1-7-8(2)12(6)9(13)11-10(3,4)5/h8H,7H2,1-6H3,(H,11,13). The number of nitrogens with zero attached hydrogens (tertiary/aromatic N) is 1. The molecule has 3 heteroatoms. The molecule has 0 bridgehead atoms. The monoisotopic (exact) mass is 186 g/mol. The first-order valence-electron chi connectivity index (χ1n) is 4.83. The quantitative estimate of drug-likeness (QED) is 0.704. The number of carbonyl (C=O) groups excluding carboxylic acids is 1. The molecule has 1 unspecified atom stereocenters. The Morgan fingerprint density at radius 3 is 2.23 bits per heavy atom. The third kappa shape index (κ3) is 4.76. The van der Waals surface area contributed by atoms with Crippen LogP contribution in [-0.4, -0.2) is 29.6 Å². The van der Waals surface area contributed by atoms with Crippen molar-refractivity contribution in [3.8, 4) is 0 Å². The molecule has 1 atom stereocenters. The van der Waals surface area contributed by atoms with Gasteiger partial charge in [0.15, 0.2) is 0 Å². The maximum Gasteiger partial charge on any atom is 0.317 e. The van der Waals surface area contributed by atoms with Gasteiger partial charge in [-0.2, -0.15) is 0 Å². The zero-order valence-electron chi connectivity index (χ0n) is 9.64. The van der Waals surface area contributed by atoms with Crippen molar-refractivity contribution in [2.24, 2.45) is 0 Å². The summed E-state index contributed by atoms with van der Waals surface area (Å²) >= 11 is 0. The van der Waals surface area contributed by atoms with Crippen molar-refractivity contribution in [1.82, 2.24) is 10.2 Å². The SMILES string of the molecule is CCC(C)N(C)C(=O)NC(C)(C)C. The number of amides is 2. The van der Waals surface area contributed by atoms with E-state index in [1.54, 1.807) is 4.90 Å². The fourth-order valence-electron chi connectivity index (χ4n) is 0.883. The highest BCUT2D eigenvalue weighted by atomic mass is 16.2. The van der Waals surface area contributed by atoms with Gasteiger partial charge in [-0.3, -0.25) is 0 Å². The summed E-state index contributed by atoms with van der Waals surface area (Å²) in [5.74, 6) is 0. The topological polar surface area (TPSA) is 32.3 Å². The van der Waals surface area contributed by atoms with Crippen LogP contribution < -0.4 is 5.32 Å². The molecule has 0 aromatic rings. The van der Waals surface area contributed by atoms with E-state index in [4.69, 9.17) is 0 Å². The first-order chi connectivity index (χ1) is 5.78. The third-order valence-corrected chi connectivity index (χ3v) is 2.05. The van der Waals surface area contributed by atoms with Crippen LogP contribution >= 0.6 is 0 Å². The lowest BCUT2D eigenvalue weighted by molar-refractivity contribution is 0.183. The van der Waals surface area contributed by atoms with Crippen molar-refractivity contribution < 1.29 is 4.79 Å². The second-order valence-corrected chi connectivity index (χ2v) is 4.55. The van der Waals surface area contributed by atoms with Crippen LogP contribution in [0.4, 0.5) is 4.79 Å². The van der Waals surface area contributed by atoms with Gasteiger partial charge in [0.2, 0.25) is 0 Å². The Morgan fingerprint density at radius 2 is 1.92 bits per heavy atom. The van der Waals surface area contributed by atoms with Crippen molar-refractivity contribution in [2.45, 2.75) is 52.6 Å². The maximum absolute atomic E-state index is 11.6. The number of hydrogen-bond acceptors (Lipinski definition) is 1. The number of hydrogen-bond donors (Lipinski definition) is 1. The summed E-state index contributed by atoms with van der Waals surface area (Å²) < 4.78 is 0. The van der Waals surface area contributed by atoms with Gasteiger partial charge < -0.3 is 10.2 Å². The third-order valence-electron chi connectivity index (χ3n) is 2.05. The van der Waals surface area contributed by atoms with Crippen molar-refractivity contribution in [1.29, 1.82) is 0 Å². The first kappa shape index (κ1) is 12.3. The van der Waals surface area contributed by atoms with E-state index in [9.17, 15) is 4.79 Å². The second-order valence-electron chi connectivity index (χ2n) is 4.55. The lowest BCUT2D eigenvalue weighted by Crippen LogP contribution is -2.49. The second kappa shape index (κ2) is 4.49. The molecule has 0 aliphatic carbocycles. The van der Waals surface area contributed by atoms with Crippen molar-refractivity contribution in [3.05, 3.63) is 0 Å². The van der Waals surface area contributed by atoms with Crippen LogP contribution in [0.1, 0.15) is 41.0 Å². The van der Waals surface area contributed by atoms with Gasteiger partial charge >= 0.3 is 6.03 Å². The van der Waals surface area contributed by atoms with Crippen LogP contribution in [0.2, 0.25) is 0 Å². The first-order valence-corrected chi connectivity index (χ1v) is 4.83. The largest absolute Gasteiger partial charge is 0.333 e. The molecule has 78 valence electrons. The van der Waals surface area contributed by atoms with Gasteiger partial charge in [-0.25, -0.2) is 4.79 Å². The lowest BCUT2D eigenvalue weighted by Gasteiger charge is -2.29. The normalized spacial score (nSPS) is 13.7. The van der Waals surface area contributed by atoms with E-state index in [0.29, 0.717) is 6.04 Å². The highest BCUT2D eigenvalue weighted by Gasteiger charge is 2.19. The van der Waals surface area contributed by atoms with Gasteiger partial charge in [-0.05, 0) is 34.1 Å². The van der Waals surface area contributed by atoms with E-state index in [0.717, 1.165) is 6.42 Å². The Balaban J connectivity index is 4.12. The number of nitrogens with one attached hydrogen (secondary N) is 1. The Morgan fingerprint density at radius 1 is 1.46 bits per heavy atom. The summed E-state index contributed by atoms with van der Waals surface area (Å²) in [6.45, 7) is 10.1. The van der Waals surface area contributed by atoms with Crippen LogP contribution in [0.15, 0.2) is 0 Å². The fraction of sp³-hybridized carbons (Fsp3) is 0.900. The average Bonchev–Trinajstić information content (AvgIpc) is 1.98. The van der Waals surface area contributed by atoms with Crippen LogP contribution in [0.5, 0.6) is 0 Å². The summed E-state index contributed by atoms with van der Waals surface area (Å²) in [5.41, 5.74) is -0.154. The molecule has 0 saturated carbocycles. The summed E-state index contributed by atoms with van der Waals surface area (Å²) in [4.78, 5) is 13.3. The van der Waals surface area contributed by atoms with Crippen molar-refractivity contribution in [2.75, 3.05) is 7.05 Å². The number of rotatable bonds is 2. The molecule has 3 nitrogen and oxygen atoms in total. The molecule has 0 heterocycles. The molecule has 1 N–H and O–H groups in total. The highest BCUT2D eigenvalue weighted by molar-refractivity contribution is 5.74. The van der Waals surface area contributed by atoms with E-state index in [1.807, 2.05) is 34.7 Å². The zero-order valence-corrected chi connectivity index (χ0v) is 9.64. The van der Waals surface area contributed by atoms with E-state index in [-0.39, 0.29) is 11.6 Å². The van der Waals surface area contributed by atoms with Gasteiger partial charge in [0.1, 0.15) is 0 Å². The Kier molecular flexibility index (Phi) is 4.24. The molecule has 0 fully saturated rings. The number of carbonyl (C=O) groups is 1. The van der Waals surface area contributed by atoms with E-state index in [1.165, 1.54) is 0 Å². The predicted molar refractivity (Wildman–Crippen MR) is 55.8 cm³/mol. The molecular weight excluding hydrogens is 164 g/mol. The summed E-state index contributed by atoms with van der Waals surface area (Å²) in [6.07, 6.45) is 0.980. The van der Waals surface area contributed by atoms with Crippen LogP contribution in [-0.2, 0) is 0 Å². The molecule has 0 saturated heterocycles. The van der Waals surface area contributed by atoms with Crippen LogP contribution in [0.3, 0.4) is 0 Å². The van der Waals surface area contributed by atoms with Crippen molar-refractivity contribution in [3.63, 3.8) is 0 Å². The van der Waals surface area contributed by atoms with Crippen molar-refractivity contribution >= 4 is 6.03 Å². The Labute approximate surface area is 81.5 Å². The molecule has 0 aromatic heterocycles. The molecule has 0 aromatic carbocycles. The van der Waals surface area contributed by atoms with Gasteiger partial charge in [0.25, 0.3) is 0 Å². The van der Waals surface area contributed by atoms with Gasteiger partial charge in [-0.15, -0.1) is 0 Å². The summed E-state index contributed by atoms with van der Waals surface area (Å²) in [6, 6.07) is 0.296. The minimum Gasteiger partial charge on any atom is -0.333 e. The predicted octanol–water partition coefficient (Wildman–Crippen LogP) is 2.22. The number of urea groups is 1. The molecular formula is C10H22N2O. The average molecular weight is 186 g/mol. The van der Waals surface area contributed by atoms with Gasteiger partial charge in [0, 0.05) is 18.6 Å². The summed E-state index contributed by atoms with van der Waals surface area (Å²) in [7, 11) is 1.83. The van der Waals surface area contributed by atoms with E-state index < -0.39 is 0 Å². The summed E-state index contributed by atoms with van der Waals surface area (Å²) in [5, 5.41) is 2.92. The Bertz CT molecular complexity index is 172. The molecule has 0 rings (SSSR count). The minimum absolute atomic E-state index is 0.00171. The maximum atomic E-state index is 11.6. The van der Waals surface area contributed by atoms with Crippen LogP contribution in [0, 0.1) is 0 Å². The smallest absolute Gasteiger partial charge is 0.317 e. The van der Waals surface area contributed by atoms with Crippen LogP contribution in [0.25, 0.3) is 0 Å². The van der Waals surface area contributed by atoms with Gasteiger partial charge in [-0.1, -0.05) is 6.92 Å². The highest BCUT2D eigenvalue weighted by Crippen LogP contribution is 2.04. The van der Waals surface area contributed by atoms with E-state index >= 15 is 0 Å². The van der Waals surface area contributed by atoms with Gasteiger partial charge in [0.05, 0.1) is 0 Å². The molecule has 0 aliphatic heterocycles. The zero-order chi connectivity index (χ0) is 10.6. The molecule has 0 aliphatic rings. The lowest BCUT2D eigenvalue weighted by atomic mass is 10.1. The minimum atomic E-state index is -0.154. The molecule has 13 heavy (non-hydrogen) atoms. The van der Waals surface area contributed by atoms with E-state index in [2.05, 4.69) is 12.2 Å². The molecule has 0 radical (unpaired) electrons. The Hall–Kier alpha value is -0.730. The molecule has 0 spiro atoms. The molecule has 2 amide bonds. The fourth-order valence-corrected chi connectivity index (χ4v) is 0.883.